The Morgan fingerprint density at radius 3 is 2.68 bits per heavy atom. The third-order valence-corrected chi connectivity index (χ3v) is 4.65. The highest BCUT2D eigenvalue weighted by atomic mass is 35.5. The summed E-state index contributed by atoms with van der Waals surface area (Å²) in [5, 5.41) is 0.478. The van der Waals surface area contributed by atoms with Gasteiger partial charge in [0.1, 0.15) is 17.3 Å². The van der Waals surface area contributed by atoms with Crippen molar-refractivity contribution in [1.29, 1.82) is 0 Å². The molecule has 0 heterocycles. The maximum Gasteiger partial charge on any atom is 0.153 e. The van der Waals surface area contributed by atoms with Crippen molar-refractivity contribution in [3.8, 4) is 5.75 Å². The summed E-state index contributed by atoms with van der Waals surface area (Å²) >= 11 is 10.8. The Morgan fingerprint density at radius 1 is 1.42 bits per heavy atom. The first-order chi connectivity index (χ1) is 8.85. The van der Waals surface area contributed by atoms with Gasteiger partial charge < -0.3 is 10.5 Å². The predicted molar refractivity (Wildman–Crippen MR) is 81.8 cm³/mol. The summed E-state index contributed by atoms with van der Waals surface area (Å²) in [5.74, 6) is 0.532. The van der Waals surface area contributed by atoms with Gasteiger partial charge in [0, 0.05) is 5.02 Å². The highest BCUT2D eigenvalue weighted by molar-refractivity contribution is 7.91. The van der Waals surface area contributed by atoms with Crippen molar-refractivity contribution < 1.29 is 13.2 Å². The quantitative estimate of drug-likeness (QED) is 0.779. The van der Waals surface area contributed by atoms with Crippen LogP contribution in [0, 0.1) is 0 Å². The molecule has 0 spiro atoms. The second-order valence-corrected chi connectivity index (χ2v) is 7.18. The maximum atomic E-state index is 11.5. The topological polar surface area (TPSA) is 69.4 Å². The third-order valence-electron chi connectivity index (χ3n) is 2.38. The molecule has 0 saturated heterocycles. The molecule has 7 heteroatoms. The molecule has 106 valence electrons. The number of nitrogens with two attached hydrogens (primary N) is 1. The second-order valence-electron chi connectivity index (χ2n) is 4.01. The molecule has 0 unspecified atom stereocenters. The number of hydrogen-bond acceptors (Lipinski definition) is 4. The molecule has 0 atom stereocenters. The minimum absolute atomic E-state index is 0.0376. The van der Waals surface area contributed by atoms with Gasteiger partial charge in [-0.1, -0.05) is 30.7 Å². The van der Waals surface area contributed by atoms with E-state index in [1.165, 1.54) is 0 Å². The van der Waals surface area contributed by atoms with E-state index in [0.29, 0.717) is 22.8 Å². The van der Waals surface area contributed by atoms with Crippen LogP contribution >= 0.6 is 23.8 Å². The molecule has 2 N–H and O–H groups in total. The zero-order valence-electron chi connectivity index (χ0n) is 10.6. The molecule has 0 aliphatic carbocycles. The van der Waals surface area contributed by atoms with Crippen molar-refractivity contribution >= 4 is 38.6 Å². The molecular formula is C12H16ClNO3S2. The van der Waals surface area contributed by atoms with E-state index < -0.39 is 9.84 Å². The Labute approximate surface area is 123 Å². The smallest absolute Gasteiger partial charge is 0.153 e. The van der Waals surface area contributed by atoms with Crippen molar-refractivity contribution in [1.82, 2.24) is 0 Å². The lowest BCUT2D eigenvalue weighted by Gasteiger charge is -2.11. The van der Waals surface area contributed by atoms with Gasteiger partial charge in [-0.15, -0.1) is 0 Å². The lowest BCUT2D eigenvalue weighted by molar-refractivity contribution is 0.340. The molecule has 1 rings (SSSR count). The molecule has 0 radical (unpaired) electrons. The summed E-state index contributed by atoms with van der Waals surface area (Å²) < 4.78 is 28.5. The zero-order chi connectivity index (χ0) is 14.5. The number of sulfone groups is 1. The SMILES string of the molecule is CCCS(=O)(=O)CCOc1cc(Cl)ccc1C(N)=S. The fraction of sp³-hybridized carbons (Fsp3) is 0.417. The number of halogens is 1. The van der Waals surface area contributed by atoms with E-state index in [0.717, 1.165) is 0 Å². The van der Waals surface area contributed by atoms with Crippen LogP contribution in [-0.4, -0.2) is 31.5 Å². The van der Waals surface area contributed by atoms with Gasteiger partial charge in [-0.2, -0.15) is 0 Å². The van der Waals surface area contributed by atoms with Gasteiger partial charge in [-0.05, 0) is 24.6 Å². The maximum absolute atomic E-state index is 11.5. The molecule has 0 aromatic heterocycles. The highest BCUT2D eigenvalue weighted by Crippen LogP contribution is 2.23. The Kier molecular flexibility index (Phi) is 6.03. The van der Waals surface area contributed by atoms with Gasteiger partial charge in [-0.25, -0.2) is 8.42 Å². The molecule has 1 aromatic carbocycles. The van der Waals surface area contributed by atoms with E-state index >= 15 is 0 Å². The summed E-state index contributed by atoms with van der Waals surface area (Å²) in [6.07, 6.45) is 0.595. The number of benzene rings is 1. The normalized spacial score (nSPS) is 11.3. The van der Waals surface area contributed by atoms with E-state index in [1.807, 2.05) is 6.92 Å². The molecule has 0 saturated carbocycles. The molecule has 19 heavy (non-hydrogen) atoms. The first-order valence-electron chi connectivity index (χ1n) is 5.78. The Morgan fingerprint density at radius 2 is 2.11 bits per heavy atom. The van der Waals surface area contributed by atoms with Crippen LogP contribution in [0.1, 0.15) is 18.9 Å². The van der Waals surface area contributed by atoms with E-state index in [9.17, 15) is 8.42 Å². The van der Waals surface area contributed by atoms with Gasteiger partial charge in [0.05, 0.1) is 17.1 Å². The fourth-order valence-electron chi connectivity index (χ4n) is 1.51. The molecule has 4 nitrogen and oxygen atoms in total. The summed E-state index contributed by atoms with van der Waals surface area (Å²) in [7, 11) is -3.07. The molecule has 0 bridgehead atoms. The standard InChI is InChI=1S/C12H16ClNO3S2/c1-2-6-19(15,16)7-5-17-11-8-9(13)3-4-10(11)12(14)18/h3-4,8H,2,5-7H2,1H3,(H2,14,18). The summed E-state index contributed by atoms with van der Waals surface area (Å²) in [6.45, 7) is 1.87. The summed E-state index contributed by atoms with van der Waals surface area (Å²) in [4.78, 5) is 0.183. The third kappa shape index (κ3) is 5.34. The second kappa shape index (κ2) is 7.07. The fourth-order valence-corrected chi connectivity index (χ4v) is 3.00. The predicted octanol–water partition coefficient (Wildman–Crippen LogP) is 2.18. The first-order valence-corrected chi connectivity index (χ1v) is 8.39. The molecule has 0 aliphatic rings. The van der Waals surface area contributed by atoms with Gasteiger partial charge in [0.15, 0.2) is 9.84 Å². The largest absolute Gasteiger partial charge is 0.492 e. The van der Waals surface area contributed by atoms with Gasteiger partial charge in [0.2, 0.25) is 0 Å². The molecule has 0 amide bonds. The molecule has 1 aromatic rings. The molecule has 0 fully saturated rings. The minimum Gasteiger partial charge on any atom is -0.492 e. The van der Waals surface area contributed by atoms with E-state index in [-0.39, 0.29) is 23.1 Å². The van der Waals surface area contributed by atoms with Gasteiger partial charge in [-0.3, -0.25) is 0 Å². The van der Waals surface area contributed by atoms with Crippen molar-refractivity contribution in [2.45, 2.75) is 13.3 Å². The van der Waals surface area contributed by atoms with Crippen LogP contribution in [0.2, 0.25) is 5.02 Å². The van der Waals surface area contributed by atoms with Crippen molar-refractivity contribution in [2.24, 2.45) is 5.73 Å². The highest BCUT2D eigenvalue weighted by Gasteiger charge is 2.12. The average molecular weight is 322 g/mol. The van der Waals surface area contributed by atoms with Crippen molar-refractivity contribution in [3.05, 3.63) is 28.8 Å². The number of hydrogen-bond donors (Lipinski definition) is 1. The molecular weight excluding hydrogens is 306 g/mol. The number of ether oxygens (including phenoxy) is 1. The van der Waals surface area contributed by atoms with E-state index in [2.05, 4.69) is 0 Å². The van der Waals surface area contributed by atoms with E-state index in [1.54, 1.807) is 18.2 Å². The van der Waals surface area contributed by atoms with Crippen molar-refractivity contribution in [2.75, 3.05) is 18.1 Å². The lowest BCUT2D eigenvalue weighted by atomic mass is 10.2. The van der Waals surface area contributed by atoms with Crippen LogP contribution in [0.4, 0.5) is 0 Å². The van der Waals surface area contributed by atoms with Crippen LogP contribution in [0.15, 0.2) is 18.2 Å². The van der Waals surface area contributed by atoms with Gasteiger partial charge >= 0.3 is 0 Å². The van der Waals surface area contributed by atoms with Gasteiger partial charge in [0.25, 0.3) is 0 Å². The number of thiocarbonyl (C=S) groups is 1. The zero-order valence-corrected chi connectivity index (χ0v) is 12.9. The Hall–Kier alpha value is -0.850. The average Bonchev–Trinajstić information content (AvgIpc) is 2.28. The van der Waals surface area contributed by atoms with Crippen LogP contribution in [0.25, 0.3) is 0 Å². The van der Waals surface area contributed by atoms with Crippen LogP contribution < -0.4 is 10.5 Å². The van der Waals surface area contributed by atoms with Crippen molar-refractivity contribution in [3.63, 3.8) is 0 Å². The summed E-state index contributed by atoms with van der Waals surface area (Å²) in [6, 6.07) is 4.87. The minimum atomic E-state index is -3.07. The Bertz CT molecular complexity index is 558. The first kappa shape index (κ1) is 16.2. The molecule has 0 aliphatic heterocycles. The number of rotatable bonds is 7. The van der Waals surface area contributed by atoms with E-state index in [4.69, 9.17) is 34.3 Å². The lowest BCUT2D eigenvalue weighted by Crippen LogP contribution is -2.18. The monoisotopic (exact) mass is 321 g/mol. The Balaban J connectivity index is 2.73. The van der Waals surface area contributed by atoms with Crippen LogP contribution in [0.5, 0.6) is 5.75 Å². The summed E-state index contributed by atoms with van der Waals surface area (Å²) in [5.41, 5.74) is 6.11. The van der Waals surface area contributed by atoms with Crippen LogP contribution in [-0.2, 0) is 9.84 Å². The van der Waals surface area contributed by atoms with Crippen LogP contribution in [0.3, 0.4) is 0 Å².